The summed E-state index contributed by atoms with van der Waals surface area (Å²) >= 11 is 0. The van der Waals surface area contributed by atoms with Gasteiger partial charge in [-0.1, -0.05) is 13.8 Å². The highest BCUT2D eigenvalue weighted by Crippen LogP contribution is 2.50. The molecule has 2 rings (SSSR count). The number of amides is 1. The Kier molecular flexibility index (Phi) is 5.23. The zero-order chi connectivity index (χ0) is 15.5. The maximum atomic E-state index is 14.6. The zero-order valence-corrected chi connectivity index (χ0v) is 13.3. The van der Waals surface area contributed by atoms with E-state index in [1.165, 1.54) is 0 Å². The van der Waals surface area contributed by atoms with Crippen LogP contribution >= 0.6 is 0 Å². The molecule has 0 aliphatic carbocycles. The molecule has 0 radical (unpaired) electrons. The number of hydrogen-bond acceptors (Lipinski definition) is 2. The van der Waals surface area contributed by atoms with E-state index in [0.29, 0.717) is 38.8 Å². The van der Waals surface area contributed by atoms with Crippen LogP contribution in [0.1, 0.15) is 52.4 Å². The van der Waals surface area contributed by atoms with Gasteiger partial charge in [-0.2, -0.15) is 0 Å². The number of likely N-dealkylation sites (tertiary alicyclic amines) is 2. The molecule has 0 N–H and O–H groups in total. The molecule has 0 aromatic carbocycles. The first kappa shape index (κ1) is 16.7. The normalized spacial score (nSPS) is 25.2. The summed E-state index contributed by atoms with van der Waals surface area (Å²) in [4.78, 5) is 15.6. The van der Waals surface area contributed by atoms with E-state index in [4.69, 9.17) is 0 Å². The van der Waals surface area contributed by atoms with Crippen LogP contribution in [0.25, 0.3) is 0 Å². The lowest BCUT2D eigenvalue weighted by molar-refractivity contribution is -0.189. The zero-order valence-electron chi connectivity index (χ0n) is 13.3. The molecule has 5 heteroatoms. The average molecular weight is 302 g/mol. The lowest BCUT2D eigenvalue weighted by Gasteiger charge is -2.51. The van der Waals surface area contributed by atoms with E-state index in [9.17, 15) is 13.6 Å². The smallest absolute Gasteiger partial charge is 0.266 e. The van der Waals surface area contributed by atoms with Gasteiger partial charge in [-0.05, 0) is 45.2 Å². The predicted molar refractivity (Wildman–Crippen MR) is 79.5 cm³/mol. The summed E-state index contributed by atoms with van der Waals surface area (Å²) < 4.78 is 29.3. The molecule has 2 aliphatic rings. The van der Waals surface area contributed by atoms with Gasteiger partial charge in [-0.25, -0.2) is 8.78 Å². The Balaban J connectivity index is 1.97. The summed E-state index contributed by atoms with van der Waals surface area (Å²) in [6.45, 7) is 6.43. The molecule has 0 aromatic heterocycles. The van der Waals surface area contributed by atoms with E-state index in [1.807, 2.05) is 18.7 Å². The Bertz CT molecular complexity index is 365. The van der Waals surface area contributed by atoms with Crippen molar-refractivity contribution >= 4 is 5.91 Å². The van der Waals surface area contributed by atoms with Crippen LogP contribution < -0.4 is 0 Å². The Morgan fingerprint density at radius 3 is 2.19 bits per heavy atom. The Morgan fingerprint density at radius 1 is 1.05 bits per heavy atom. The van der Waals surface area contributed by atoms with Gasteiger partial charge in [-0.15, -0.1) is 0 Å². The van der Waals surface area contributed by atoms with E-state index in [-0.39, 0.29) is 12.5 Å². The van der Waals surface area contributed by atoms with E-state index in [2.05, 4.69) is 0 Å². The van der Waals surface area contributed by atoms with Crippen molar-refractivity contribution in [2.75, 3.05) is 32.7 Å². The second-order valence-electron chi connectivity index (χ2n) is 6.64. The summed E-state index contributed by atoms with van der Waals surface area (Å²) in [6, 6.07) is 0. The first-order chi connectivity index (χ1) is 9.94. The van der Waals surface area contributed by atoms with E-state index in [0.717, 1.165) is 25.9 Å². The van der Waals surface area contributed by atoms with Gasteiger partial charge in [0, 0.05) is 24.9 Å². The molecular formula is C16H28F2N2O. The third kappa shape index (κ3) is 3.38. The molecule has 0 aromatic rings. The van der Waals surface area contributed by atoms with E-state index < -0.39 is 11.3 Å². The Labute approximate surface area is 126 Å². The molecule has 2 heterocycles. The molecule has 2 aliphatic heterocycles. The number of piperidine rings is 2. The predicted octanol–water partition coefficient (Wildman–Crippen LogP) is 3.15. The van der Waals surface area contributed by atoms with Crippen molar-refractivity contribution in [1.82, 2.24) is 9.80 Å². The van der Waals surface area contributed by atoms with Crippen molar-refractivity contribution in [3.05, 3.63) is 0 Å². The molecule has 1 spiro atoms. The van der Waals surface area contributed by atoms with Gasteiger partial charge in [0.15, 0.2) is 0 Å². The van der Waals surface area contributed by atoms with Crippen LogP contribution in [-0.4, -0.2) is 54.4 Å². The highest BCUT2D eigenvalue weighted by molar-refractivity contribution is 5.76. The monoisotopic (exact) mass is 302 g/mol. The van der Waals surface area contributed by atoms with E-state index in [1.54, 1.807) is 4.90 Å². The van der Waals surface area contributed by atoms with Crippen molar-refractivity contribution in [2.45, 2.75) is 58.3 Å². The second kappa shape index (κ2) is 6.59. The van der Waals surface area contributed by atoms with Crippen LogP contribution in [0.3, 0.4) is 0 Å². The molecule has 21 heavy (non-hydrogen) atoms. The Morgan fingerprint density at radius 2 is 1.67 bits per heavy atom. The van der Waals surface area contributed by atoms with Gasteiger partial charge in [0.2, 0.25) is 5.91 Å². The molecular weight excluding hydrogens is 274 g/mol. The molecule has 1 amide bonds. The summed E-state index contributed by atoms with van der Waals surface area (Å²) in [5.74, 6) is -2.50. The number of hydrogen-bond donors (Lipinski definition) is 0. The lowest BCUT2D eigenvalue weighted by Crippen LogP contribution is -2.59. The summed E-state index contributed by atoms with van der Waals surface area (Å²) in [6.07, 6.45) is 3.75. The molecule has 122 valence electrons. The minimum Gasteiger partial charge on any atom is -0.343 e. The van der Waals surface area contributed by atoms with Crippen molar-refractivity contribution in [3.63, 3.8) is 0 Å². The molecule has 0 bridgehead atoms. The van der Waals surface area contributed by atoms with Crippen molar-refractivity contribution < 1.29 is 13.6 Å². The molecule has 3 nitrogen and oxygen atoms in total. The highest BCUT2D eigenvalue weighted by atomic mass is 19.3. The molecule has 0 atom stereocenters. The van der Waals surface area contributed by atoms with Gasteiger partial charge in [0.05, 0.1) is 6.54 Å². The minimum absolute atomic E-state index is 0.107. The first-order valence-electron chi connectivity index (χ1n) is 8.32. The number of carbonyl (C=O) groups is 1. The number of alkyl halides is 2. The van der Waals surface area contributed by atoms with Crippen LogP contribution in [0.4, 0.5) is 8.78 Å². The molecule has 2 saturated heterocycles. The summed E-state index contributed by atoms with van der Waals surface area (Å²) in [5.41, 5.74) is -0.875. The van der Waals surface area contributed by atoms with Crippen LogP contribution in [0, 0.1) is 5.41 Å². The number of halogens is 2. The SMILES string of the molecule is CCCC(=O)N1CCC2(CCN(CCC)CC2(F)F)CC1. The molecule has 0 saturated carbocycles. The molecule has 0 unspecified atom stereocenters. The fourth-order valence-corrected chi connectivity index (χ4v) is 3.76. The van der Waals surface area contributed by atoms with Crippen LogP contribution in [-0.2, 0) is 4.79 Å². The van der Waals surface area contributed by atoms with Crippen molar-refractivity contribution in [3.8, 4) is 0 Å². The van der Waals surface area contributed by atoms with Crippen molar-refractivity contribution in [1.29, 1.82) is 0 Å². The fraction of sp³-hybridized carbons (Fsp3) is 0.938. The van der Waals surface area contributed by atoms with Gasteiger partial charge in [0.25, 0.3) is 5.92 Å². The van der Waals surface area contributed by atoms with Crippen LogP contribution in [0.2, 0.25) is 0 Å². The third-order valence-electron chi connectivity index (χ3n) is 5.18. The summed E-state index contributed by atoms with van der Waals surface area (Å²) in [5, 5.41) is 0. The Hall–Kier alpha value is -0.710. The van der Waals surface area contributed by atoms with Crippen molar-refractivity contribution in [2.24, 2.45) is 5.41 Å². The van der Waals surface area contributed by atoms with Crippen LogP contribution in [0.5, 0.6) is 0 Å². The second-order valence-corrected chi connectivity index (χ2v) is 6.64. The molecule has 2 fully saturated rings. The van der Waals surface area contributed by atoms with Gasteiger partial charge in [-0.3, -0.25) is 9.69 Å². The first-order valence-corrected chi connectivity index (χ1v) is 8.32. The topological polar surface area (TPSA) is 23.6 Å². The average Bonchev–Trinajstić information content (AvgIpc) is 2.44. The number of carbonyl (C=O) groups excluding carboxylic acids is 1. The highest BCUT2D eigenvalue weighted by Gasteiger charge is 2.57. The van der Waals surface area contributed by atoms with Gasteiger partial charge >= 0.3 is 0 Å². The summed E-state index contributed by atoms with van der Waals surface area (Å²) in [7, 11) is 0. The number of nitrogens with zero attached hydrogens (tertiary/aromatic N) is 2. The lowest BCUT2D eigenvalue weighted by atomic mass is 9.68. The minimum atomic E-state index is -2.62. The maximum absolute atomic E-state index is 14.6. The third-order valence-corrected chi connectivity index (χ3v) is 5.18. The van der Waals surface area contributed by atoms with E-state index >= 15 is 0 Å². The standard InChI is InChI=1S/C16H28F2N2O/c1-3-5-14(21)20-11-7-15(8-12-20)6-10-19(9-4-2)13-16(15,17)18/h3-13H2,1-2H3. The van der Waals surface area contributed by atoms with Gasteiger partial charge in [0.1, 0.15) is 0 Å². The number of rotatable bonds is 4. The largest absolute Gasteiger partial charge is 0.343 e. The quantitative estimate of drug-likeness (QED) is 0.796. The maximum Gasteiger partial charge on any atom is 0.266 e. The van der Waals surface area contributed by atoms with Crippen LogP contribution in [0.15, 0.2) is 0 Å². The fourth-order valence-electron chi connectivity index (χ4n) is 3.76. The van der Waals surface area contributed by atoms with Gasteiger partial charge < -0.3 is 4.90 Å².